The summed E-state index contributed by atoms with van der Waals surface area (Å²) in [5, 5.41) is 34.7. The summed E-state index contributed by atoms with van der Waals surface area (Å²) in [4.78, 5) is 1.68. The lowest BCUT2D eigenvalue weighted by Crippen LogP contribution is -2.37. The van der Waals surface area contributed by atoms with Gasteiger partial charge in [-0.1, -0.05) is 0 Å². The number of rotatable bonds is 7. The molecule has 1 atom stereocenters. The third-order valence-corrected chi connectivity index (χ3v) is 1.51. The van der Waals surface area contributed by atoms with Gasteiger partial charge in [-0.25, -0.2) is 0 Å². The van der Waals surface area contributed by atoms with Gasteiger partial charge in [0.15, 0.2) is 0 Å². The molecule has 0 rings (SSSR count). The monoisotopic (exact) mass is 215 g/mol. The Balaban J connectivity index is 0. The number of hydrogen-bond acceptors (Lipinski definition) is 5. The predicted octanol–water partition coefficient (Wildman–Crippen LogP) is -1.95. The summed E-state index contributed by atoms with van der Waals surface area (Å²) in [6.07, 6.45) is -0.803. The van der Waals surface area contributed by atoms with Gasteiger partial charge in [0.2, 0.25) is 0 Å². The van der Waals surface area contributed by atoms with Crippen molar-refractivity contribution in [2.75, 3.05) is 39.5 Å². The zero-order valence-electron chi connectivity index (χ0n) is 7.46. The van der Waals surface area contributed by atoms with Crippen LogP contribution in [-0.4, -0.2) is 70.9 Å². The fraction of sp³-hybridized carbons (Fsp3) is 1.00. The third kappa shape index (κ3) is 8.42. The molecule has 0 aliphatic rings. The summed E-state index contributed by atoms with van der Waals surface area (Å²) in [5.41, 5.74) is 0. The van der Waals surface area contributed by atoms with Gasteiger partial charge in [-0.05, 0) is 0 Å². The van der Waals surface area contributed by atoms with Crippen molar-refractivity contribution >= 4 is 12.4 Å². The molecule has 1 unspecified atom stereocenters. The fourth-order valence-electron chi connectivity index (χ4n) is 0.933. The molecule has 6 heteroatoms. The number of halogens is 1. The molecule has 5 nitrogen and oxygen atoms in total. The molecule has 0 spiro atoms. The predicted molar refractivity (Wildman–Crippen MR) is 51.0 cm³/mol. The molecular formula is C7H18ClNO4. The lowest BCUT2D eigenvalue weighted by molar-refractivity contribution is 0.0478. The second-order valence-electron chi connectivity index (χ2n) is 2.58. The standard InChI is InChI=1S/C7H17NO4.ClH/c9-3-1-8(2-4-10)5-7(12)6-11;/h7,9-12H,1-6H2;1H. The average Bonchev–Trinajstić information content (AvgIpc) is 2.05. The molecule has 0 amide bonds. The maximum Gasteiger partial charge on any atom is 0.0897 e. The van der Waals surface area contributed by atoms with E-state index in [2.05, 4.69) is 0 Å². The highest BCUT2D eigenvalue weighted by Crippen LogP contribution is 1.90. The van der Waals surface area contributed by atoms with Gasteiger partial charge >= 0.3 is 0 Å². The first kappa shape index (κ1) is 15.6. The number of nitrogens with zero attached hydrogens (tertiary/aromatic N) is 1. The minimum atomic E-state index is -0.803. The topological polar surface area (TPSA) is 84.2 Å². The van der Waals surface area contributed by atoms with E-state index in [1.54, 1.807) is 4.90 Å². The quantitative estimate of drug-likeness (QED) is 0.397. The number of aliphatic hydroxyl groups excluding tert-OH is 4. The highest BCUT2D eigenvalue weighted by Gasteiger charge is 2.09. The minimum Gasteiger partial charge on any atom is -0.395 e. The Bertz CT molecular complexity index is 100. The normalized spacial score (nSPS) is 12.7. The molecule has 0 aromatic heterocycles. The van der Waals surface area contributed by atoms with E-state index < -0.39 is 6.10 Å². The lowest BCUT2D eigenvalue weighted by Gasteiger charge is -2.22. The molecule has 82 valence electrons. The van der Waals surface area contributed by atoms with E-state index in [0.717, 1.165) is 0 Å². The van der Waals surface area contributed by atoms with Crippen molar-refractivity contribution in [3.05, 3.63) is 0 Å². The Morgan fingerprint density at radius 2 is 1.46 bits per heavy atom. The van der Waals surface area contributed by atoms with Crippen molar-refractivity contribution in [3.8, 4) is 0 Å². The zero-order valence-corrected chi connectivity index (χ0v) is 8.28. The molecule has 0 bridgehead atoms. The molecule has 13 heavy (non-hydrogen) atoms. The Kier molecular flexibility index (Phi) is 12.2. The second kappa shape index (κ2) is 10.2. The van der Waals surface area contributed by atoms with Crippen LogP contribution in [0.2, 0.25) is 0 Å². The molecule has 0 heterocycles. The van der Waals surface area contributed by atoms with Crippen molar-refractivity contribution in [2.45, 2.75) is 6.10 Å². The van der Waals surface area contributed by atoms with Crippen LogP contribution in [0.1, 0.15) is 0 Å². The van der Waals surface area contributed by atoms with E-state index in [1.165, 1.54) is 0 Å². The first-order valence-corrected chi connectivity index (χ1v) is 3.97. The molecule has 4 N–H and O–H groups in total. The van der Waals surface area contributed by atoms with Gasteiger partial charge in [0, 0.05) is 19.6 Å². The van der Waals surface area contributed by atoms with E-state index in [1.807, 2.05) is 0 Å². The van der Waals surface area contributed by atoms with Gasteiger partial charge in [0.1, 0.15) is 0 Å². The van der Waals surface area contributed by atoms with Gasteiger partial charge in [0.25, 0.3) is 0 Å². The van der Waals surface area contributed by atoms with Gasteiger partial charge in [-0.3, -0.25) is 4.90 Å². The maximum atomic E-state index is 9.03. The van der Waals surface area contributed by atoms with E-state index in [0.29, 0.717) is 13.1 Å². The Morgan fingerprint density at radius 3 is 1.77 bits per heavy atom. The third-order valence-electron chi connectivity index (χ3n) is 1.51. The zero-order chi connectivity index (χ0) is 9.40. The van der Waals surface area contributed by atoms with Crippen LogP contribution in [-0.2, 0) is 0 Å². The molecule has 0 aliphatic carbocycles. The summed E-state index contributed by atoms with van der Waals surface area (Å²) in [7, 11) is 0. The minimum absolute atomic E-state index is 0. The Morgan fingerprint density at radius 1 is 1.00 bits per heavy atom. The molecule has 0 aromatic rings. The summed E-state index contributed by atoms with van der Waals surface area (Å²) in [6, 6.07) is 0. The van der Waals surface area contributed by atoms with Crippen LogP contribution in [0.4, 0.5) is 0 Å². The Hall–Kier alpha value is 0.0900. The molecule has 0 saturated carbocycles. The van der Waals surface area contributed by atoms with Crippen molar-refractivity contribution < 1.29 is 20.4 Å². The highest BCUT2D eigenvalue weighted by molar-refractivity contribution is 5.85. The lowest BCUT2D eigenvalue weighted by atomic mass is 10.3. The summed E-state index contributed by atoms with van der Waals surface area (Å²) < 4.78 is 0. The van der Waals surface area contributed by atoms with E-state index in [-0.39, 0.29) is 38.8 Å². The molecular weight excluding hydrogens is 198 g/mol. The molecule has 0 radical (unpaired) electrons. The van der Waals surface area contributed by atoms with E-state index in [9.17, 15) is 0 Å². The summed E-state index contributed by atoms with van der Waals surface area (Å²) in [6.45, 7) is 0.747. The summed E-state index contributed by atoms with van der Waals surface area (Å²) >= 11 is 0. The van der Waals surface area contributed by atoms with Gasteiger partial charge in [0.05, 0.1) is 25.9 Å². The average molecular weight is 216 g/mol. The van der Waals surface area contributed by atoms with Crippen molar-refractivity contribution in [2.24, 2.45) is 0 Å². The fourth-order valence-corrected chi connectivity index (χ4v) is 0.933. The second-order valence-corrected chi connectivity index (χ2v) is 2.58. The molecule has 0 aliphatic heterocycles. The molecule has 0 saturated heterocycles. The van der Waals surface area contributed by atoms with Gasteiger partial charge < -0.3 is 20.4 Å². The van der Waals surface area contributed by atoms with Gasteiger partial charge in [-0.15, -0.1) is 12.4 Å². The van der Waals surface area contributed by atoms with Crippen molar-refractivity contribution in [1.82, 2.24) is 4.90 Å². The Labute approximate surface area is 84.0 Å². The van der Waals surface area contributed by atoms with Crippen molar-refractivity contribution in [3.63, 3.8) is 0 Å². The SMILES string of the molecule is Cl.OCCN(CCO)CC(O)CO. The first-order chi connectivity index (χ1) is 5.74. The molecule has 0 aromatic carbocycles. The van der Waals surface area contributed by atoms with E-state index in [4.69, 9.17) is 20.4 Å². The van der Waals surface area contributed by atoms with Crippen LogP contribution in [0, 0.1) is 0 Å². The summed E-state index contributed by atoms with van der Waals surface area (Å²) in [5.74, 6) is 0. The van der Waals surface area contributed by atoms with Crippen molar-refractivity contribution in [1.29, 1.82) is 0 Å². The van der Waals surface area contributed by atoms with Crippen LogP contribution in [0.15, 0.2) is 0 Å². The maximum absolute atomic E-state index is 9.03. The smallest absolute Gasteiger partial charge is 0.0897 e. The largest absolute Gasteiger partial charge is 0.395 e. The highest BCUT2D eigenvalue weighted by atomic mass is 35.5. The number of aliphatic hydroxyl groups is 4. The van der Waals surface area contributed by atoms with Crippen LogP contribution in [0.3, 0.4) is 0 Å². The molecule has 0 fully saturated rings. The number of hydrogen-bond donors (Lipinski definition) is 4. The van der Waals surface area contributed by atoms with E-state index >= 15 is 0 Å². The van der Waals surface area contributed by atoms with Crippen LogP contribution in [0.5, 0.6) is 0 Å². The van der Waals surface area contributed by atoms with Gasteiger partial charge in [-0.2, -0.15) is 0 Å². The van der Waals surface area contributed by atoms with Crippen LogP contribution >= 0.6 is 12.4 Å². The van der Waals surface area contributed by atoms with Crippen LogP contribution < -0.4 is 0 Å². The van der Waals surface area contributed by atoms with Crippen LogP contribution in [0.25, 0.3) is 0 Å². The first-order valence-electron chi connectivity index (χ1n) is 3.97.